The van der Waals surface area contributed by atoms with Crippen molar-refractivity contribution in [1.82, 2.24) is 0 Å². The van der Waals surface area contributed by atoms with Crippen LogP contribution in [0.5, 0.6) is 11.5 Å². The fourth-order valence-electron chi connectivity index (χ4n) is 2.05. The molecule has 5 heteroatoms. The molecule has 1 heterocycles. The van der Waals surface area contributed by atoms with Gasteiger partial charge in [-0.1, -0.05) is 18.2 Å². The van der Waals surface area contributed by atoms with Crippen molar-refractivity contribution in [3.63, 3.8) is 0 Å². The molecule has 0 saturated heterocycles. The summed E-state index contributed by atoms with van der Waals surface area (Å²) < 4.78 is 23.9. The molecule has 1 atom stereocenters. The molecule has 2 aromatic carbocycles. The second-order valence-corrected chi connectivity index (χ2v) is 4.49. The van der Waals surface area contributed by atoms with E-state index in [-0.39, 0.29) is 19.2 Å². The van der Waals surface area contributed by atoms with E-state index in [9.17, 15) is 9.50 Å². The highest BCUT2D eigenvalue weighted by Crippen LogP contribution is 2.34. The Bertz CT molecular complexity index is 618. The lowest BCUT2D eigenvalue weighted by Crippen LogP contribution is -2.12. The maximum atomic E-state index is 13.4. The summed E-state index contributed by atoms with van der Waals surface area (Å²) in [6.07, 6.45) is -0.760. The first-order valence-corrected chi connectivity index (χ1v) is 6.30. The Morgan fingerprint density at radius 3 is 2.80 bits per heavy atom. The average Bonchev–Trinajstić information content (AvgIpc) is 2.93. The van der Waals surface area contributed by atoms with Crippen LogP contribution in [0, 0.1) is 5.82 Å². The van der Waals surface area contributed by atoms with E-state index in [2.05, 4.69) is 5.32 Å². The molecule has 104 valence electrons. The van der Waals surface area contributed by atoms with Gasteiger partial charge in [-0.2, -0.15) is 0 Å². The summed E-state index contributed by atoms with van der Waals surface area (Å²) in [5, 5.41) is 13.0. The van der Waals surface area contributed by atoms with E-state index in [4.69, 9.17) is 9.47 Å². The van der Waals surface area contributed by atoms with Gasteiger partial charge in [0, 0.05) is 6.54 Å². The van der Waals surface area contributed by atoms with Gasteiger partial charge in [0.1, 0.15) is 5.82 Å². The minimum absolute atomic E-state index is 0.197. The molecule has 0 saturated carbocycles. The minimum Gasteiger partial charge on any atom is -0.454 e. The number of nitrogens with one attached hydrogen (secondary N) is 1. The number of hydrogen-bond acceptors (Lipinski definition) is 4. The number of aliphatic hydroxyl groups excluding tert-OH is 1. The Morgan fingerprint density at radius 1 is 1.15 bits per heavy atom. The number of benzene rings is 2. The number of halogens is 1. The van der Waals surface area contributed by atoms with Crippen molar-refractivity contribution in [2.45, 2.75) is 6.10 Å². The van der Waals surface area contributed by atoms with Crippen molar-refractivity contribution in [3.05, 3.63) is 53.8 Å². The van der Waals surface area contributed by atoms with Gasteiger partial charge >= 0.3 is 0 Å². The van der Waals surface area contributed by atoms with Gasteiger partial charge in [0.25, 0.3) is 0 Å². The number of ether oxygens (including phenoxy) is 2. The Morgan fingerprint density at radius 2 is 1.95 bits per heavy atom. The van der Waals surface area contributed by atoms with E-state index in [1.807, 2.05) is 0 Å². The van der Waals surface area contributed by atoms with Crippen LogP contribution in [0.15, 0.2) is 42.5 Å². The summed E-state index contributed by atoms with van der Waals surface area (Å²) in [6.45, 7) is 0.406. The standard InChI is InChI=1S/C15H14FNO3/c16-11-3-1-2-4-12(11)17-8-13(18)10-5-6-14-15(7-10)20-9-19-14/h1-7,13,17-18H,8-9H2. The third kappa shape index (κ3) is 2.53. The van der Waals surface area contributed by atoms with E-state index in [0.29, 0.717) is 22.7 Å². The second-order valence-electron chi connectivity index (χ2n) is 4.49. The Kier molecular flexibility index (Phi) is 3.43. The number of aliphatic hydroxyl groups is 1. The zero-order valence-corrected chi connectivity index (χ0v) is 10.7. The Labute approximate surface area is 115 Å². The van der Waals surface area contributed by atoms with Gasteiger partial charge in [0.2, 0.25) is 6.79 Å². The average molecular weight is 275 g/mol. The van der Waals surface area contributed by atoms with Gasteiger partial charge in [-0.3, -0.25) is 0 Å². The summed E-state index contributed by atoms with van der Waals surface area (Å²) in [5.74, 6) is 0.945. The van der Waals surface area contributed by atoms with Crippen LogP contribution in [0.3, 0.4) is 0 Å². The second kappa shape index (κ2) is 5.38. The molecule has 3 rings (SSSR count). The van der Waals surface area contributed by atoms with Crippen molar-refractivity contribution in [2.24, 2.45) is 0 Å². The van der Waals surface area contributed by atoms with Gasteiger partial charge in [0.15, 0.2) is 11.5 Å². The van der Waals surface area contributed by atoms with Crippen molar-refractivity contribution in [2.75, 3.05) is 18.7 Å². The molecule has 0 aliphatic carbocycles. The number of rotatable bonds is 4. The maximum Gasteiger partial charge on any atom is 0.231 e. The highest BCUT2D eigenvalue weighted by molar-refractivity contribution is 5.47. The Hall–Kier alpha value is -2.27. The van der Waals surface area contributed by atoms with Gasteiger partial charge < -0.3 is 19.9 Å². The summed E-state index contributed by atoms with van der Waals surface area (Å²) in [7, 11) is 0. The molecule has 4 nitrogen and oxygen atoms in total. The third-order valence-electron chi connectivity index (χ3n) is 3.14. The van der Waals surface area contributed by atoms with Crippen LogP contribution < -0.4 is 14.8 Å². The van der Waals surface area contributed by atoms with E-state index in [1.54, 1.807) is 36.4 Å². The number of fused-ring (bicyclic) bond motifs is 1. The van der Waals surface area contributed by atoms with Crippen LogP contribution in [0.1, 0.15) is 11.7 Å². The molecular formula is C15H14FNO3. The van der Waals surface area contributed by atoms with Crippen LogP contribution >= 0.6 is 0 Å². The monoisotopic (exact) mass is 275 g/mol. The topological polar surface area (TPSA) is 50.7 Å². The fourth-order valence-corrected chi connectivity index (χ4v) is 2.05. The van der Waals surface area contributed by atoms with Crippen LogP contribution in [-0.4, -0.2) is 18.4 Å². The zero-order chi connectivity index (χ0) is 13.9. The van der Waals surface area contributed by atoms with E-state index >= 15 is 0 Å². The molecule has 0 aromatic heterocycles. The van der Waals surface area contributed by atoms with E-state index < -0.39 is 6.10 Å². The highest BCUT2D eigenvalue weighted by Gasteiger charge is 2.16. The largest absolute Gasteiger partial charge is 0.454 e. The van der Waals surface area contributed by atoms with Gasteiger partial charge in [-0.15, -0.1) is 0 Å². The summed E-state index contributed by atoms with van der Waals surface area (Å²) in [5.41, 5.74) is 1.06. The molecule has 0 amide bonds. The van der Waals surface area contributed by atoms with Gasteiger partial charge in [-0.05, 0) is 29.8 Å². The highest BCUT2D eigenvalue weighted by atomic mass is 19.1. The van der Waals surface area contributed by atoms with E-state index in [1.165, 1.54) is 6.07 Å². The molecule has 0 fully saturated rings. The molecule has 0 radical (unpaired) electrons. The van der Waals surface area contributed by atoms with Gasteiger partial charge in [-0.25, -0.2) is 4.39 Å². The number of hydrogen-bond donors (Lipinski definition) is 2. The summed E-state index contributed by atoms with van der Waals surface area (Å²) in [6, 6.07) is 11.6. The molecule has 1 aliphatic rings. The molecule has 0 bridgehead atoms. The predicted octanol–water partition coefficient (Wildman–Crippen LogP) is 2.70. The quantitative estimate of drug-likeness (QED) is 0.900. The van der Waals surface area contributed by atoms with Crippen molar-refractivity contribution < 1.29 is 19.0 Å². The van der Waals surface area contributed by atoms with Crippen molar-refractivity contribution in [3.8, 4) is 11.5 Å². The normalized spacial score (nSPS) is 14.1. The zero-order valence-electron chi connectivity index (χ0n) is 10.7. The first-order chi connectivity index (χ1) is 9.74. The minimum atomic E-state index is -0.760. The van der Waals surface area contributed by atoms with Crippen LogP contribution in [0.4, 0.5) is 10.1 Å². The van der Waals surface area contributed by atoms with Crippen molar-refractivity contribution >= 4 is 5.69 Å². The Balaban J connectivity index is 1.67. The van der Waals surface area contributed by atoms with Crippen LogP contribution in [-0.2, 0) is 0 Å². The first-order valence-electron chi connectivity index (χ1n) is 6.30. The smallest absolute Gasteiger partial charge is 0.231 e. The molecule has 20 heavy (non-hydrogen) atoms. The third-order valence-corrected chi connectivity index (χ3v) is 3.14. The summed E-state index contributed by atoms with van der Waals surface area (Å²) >= 11 is 0. The lowest BCUT2D eigenvalue weighted by atomic mass is 10.1. The number of anilines is 1. The fraction of sp³-hybridized carbons (Fsp3) is 0.200. The molecule has 0 spiro atoms. The van der Waals surface area contributed by atoms with Gasteiger partial charge in [0.05, 0.1) is 11.8 Å². The molecule has 2 N–H and O–H groups in total. The molecular weight excluding hydrogens is 261 g/mol. The van der Waals surface area contributed by atoms with Crippen LogP contribution in [0.25, 0.3) is 0 Å². The number of para-hydroxylation sites is 1. The van der Waals surface area contributed by atoms with Crippen LogP contribution in [0.2, 0.25) is 0 Å². The maximum absolute atomic E-state index is 13.4. The lowest BCUT2D eigenvalue weighted by molar-refractivity contribution is 0.173. The first kappa shape index (κ1) is 12.7. The molecule has 2 aromatic rings. The van der Waals surface area contributed by atoms with E-state index in [0.717, 1.165) is 0 Å². The molecule has 1 unspecified atom stereocenters. The SMILES string of the molecule is OC(CNc1ccccc1F)c1ccc2c(c1)OCO2. The molecule has 1 aliphatic heterocycles. The van der Waals surface area contributed by atoms with Crippen molar-refractivity contribution in [1.29, 1.82) is 0 Å². The summed E-state index contributed by atoms with van der Waals surface area (Å²) in [4.78, 5) is 0. The lowest BCUT2D eigenvalue weighted by Gasteiger charge is -2.14. The predicted molar refractivity (Wildman–Crippen MR) is 72.4 cm³/mol.